The van der Waals surface area contributed by atoms with Crippen LogP contribution < -0.4 is 5.32 Å². The first-order chi connectivity index (χ1) is 9.58. The number of aryl methyl sites for hydroxylation is 1. The van der Waals surface area contributed by atoms with Gasteiger partial charge in [0.15, 0.2) is 0 Å². The molecule has 0 radical (unpaired) electrons. The summed E-state index contributed by atoms with van der Waals surface area (Å²) in [5.74, 6) is 0.559. The smallest absolute Gasteiger partial charge is 0.254 e. The van der Waals surface area contributed by atoms with Gasteiger partial charge in [0.2, 0.25) is 0 Å². The Balaban J connectivity index is 1.84. The van der Waals surface area contributed by atoms with Gasteiger partial charge in [-0.2, -0.15) is 5.10 Å². The van der Waals surface area contributed by atoms with Gasteiger partial charge in [-0.25, -0.2) is 0 Å². The van der Waals surface area contributed by atoms with Crippen molar-refractivity contribution in [2.24, 2.45) is 5.92 Å². The molecule has 20 heavy (non-hydrogen) atoms. The van der Waals surface area contributed by atoms with Crippen molar-refractivity contribution in [3.63, 3.8) is 0 Å². The summed E-state index contributed by atoms with van der Waals surface area (Å²) in [5, 5.41) is 7.17. The molecule has 1 aliphatic rings. The fraction of sp³-hybridized carbons (Fsp3) is 0.600. The molecule has 0 bridgehead atoms. The summed E-state index contributed by atoms with van der Waals surface area (Å²) >= 11 is 0. The molecule has 2 rings (SSSR count). The summed E-state index contributed by atoms with van der Waals surface area (Å²) < 4.78 is 7.31. The van der Waals surface area contributed by atoms with Crippen LogP contribution in [0.3, 0.4) is 0 Å². The summed E-state index contributed by atoms with van der Waals surface area (Å²) in [5.41, 5.74) is 2.75. The van der Waals surface area contributed by atoms with Crippen LogP contribution in [-0.4, -0.2) is 35.4 Å². The zero-order valence-electron chi connectivity index (χ0n) is 12.3. The van der Waals surface area contributed by atoms with Crippen LogP contribution in [0.4, 0.5) is 0 Å². The van der Waals surface area contributed by atoms with E-state index >= 15 is 0 Å². The van der Waals surface area contributed by atoms with Gasteiger partial charge in [-0.05, 0) is 25.7 Å². The quantitative estimate of drug-likeness (QED) is 0.637. The minimum absolute atomic E-state index is 0.0562. The number of fused-ring (bicyclic) bond motifs is 1. The molecule has 2 heterocycles. The van der Waals surface area contributed by atoms with Gasteiger partial charge in [0, 0.05) is 13.1 Å². The Morgan fingerprint density at radius 2 is 2.45 bits per heavy atom. The van der Waals surface area contributed by atoms with E-state index in [0.717, 1.165) is 30.7 Å². The van der Waals surface area contributed by atoms with Gasteiger partial charge in [0.05, 0.1) is 30.7 Å². The van der Waals surface area contributed by atoms with Gasteiger partial charge in [-0.1, -0.05) is 19.1 Å². The third-order valence-corrected chi connectivity index (χ3v) is 3.45. The summed E-state index contributed by atoms with van der Waals surface area (Å²) in [6.45, 7) is 10.3. The number of nitrogens with one attached hydrogen (secondary N) is 1. The maximum absolute atomic E-state index is 12.1. The van der Waals surface area contributed by atoms with Crippen LogP contribution in [0.25, 0.3) is 0 Å². The Morgan fingerprint density at radius 1 is 1.65 bits per heavy atom. The summed E-state index contributed by atoms with van der Waals surface area (Å²) in [4.78, 5) is 12.1. The molecule has 0 saturated carbocycles. The predicted octanol–water partition coefficient (Wildman–Crippen LogP) is 1.79. The Labute approximate surface area is 120 Å². The maximum Gasteiger partial charge on any atom is 0.254 e. The first-order valence-corrected chi connectivity index (χ1v) is 7.13. The molecule has 1 aliphatic heterocycles. The minimum atomic E-state index is -0.0562. The van der Waals surface area contributed by atoms with Crippen molar-refractivity contribution in [3.05, 3.63) is 29.6 Å². The molecule has 1 aromatic heterocycles. The van der Waals surface area contributed by atoms with Crippen LogP contribution in [0, 0.1) is 5.92 Å². The Bertz CT molecular complexity index is 493. The monoisotopic (exact) mass is 277 g/mol. The number of rotatable bonds is 6. The number of hydrogen-bond donors (Lipinski definition) is 1. The Kier molecular flexibility index (Phi) is 4.95. The van der Waals surface area contributed by atoms with Crippen molar-refractivity contribution in [3.8, 4) is 0 Å². The van der Waals surface area contributed by atoms with Crippen LogP contribution in [0.2, 0.25) is 0 Å². The second-order valence-electron chi connectivity index (χ2n) is 5.59. The zero-order valence-corrected chi connectivity index (χ0v) is 12.3. The average molecular weight is 277 g/mol. The highest BCUT2D eigenvalue weighted by atomic mass is 16.5. The van der Waals surface area contributed by atoms with Crippen molar-refractivity contribution in [2.75, 3.05) is 19.8 Å². The Morgan fingerprint density at radius 3 is 3.20 bits per heavy atom. The third-order valence-electron chi connectivity index (χ3n) is 3.45. The average Bonchev–Trinajstić information content (AvgIpc) is 2.80. The molecular weight excluding hydrogens is 254 g/mol. The third kappa shape index (κ3) is 3.70. The molecule has 0 aliphatic carbocycles. The van der Waals surface area contributed by atoms with Crippen molar-refractivity contribution in [1.82, 2.24) is 15.1 Å². The minimum Gasteiger partial charge on any atom is -0.375 e. The van der Waals surface area contributed by atoms with Gasteiger partial charge in [-0.15, -0.1) is 0 Å². The lowest BCUT2D eigenvalue weighted by Gasteiger charge is -2.20. The van der Waals surface area contributed by atoms with E-state index in [2.05, 4.69) is 23.9 Å². The fourth-order valence-corrected chi connectivity index (χ4v) is 2.36. The Hall–Kier alpha value is -1.62. The molecule has 0 spiro atoms. The number of carbonyl (C=O) groups is 1. The number of nitrogens with zero attached hydrogens (tertiary/aromatic N) is 2. The SMILES string of the molecule is C=C(C)COCCNC(=O)c1cnn2c1CC(C)CC2. The van der Waals surface area contributed by atoms with Gasteiger partial charge < -0.3 is 10.1 Å². The molecule has 1 aromatic rings. The van der Waals surface area contributed by atoms with Gasteiger partial charge in [0.1, 0.15) is 0 Å². The molecular formula is C15H23N3O2. The number of hydrogen-bond acceptors (Lipinski definition) is 3. The fourth-order valence-electron chi connectivity index (χ4n) is 2.36. The lowest BCUT2D eigenvalue weighted by atomic mass is 9.96. The van der Waals surface area contributed by atoms with Crippen LogP contribution in [0.1, 0.15) is 36.3 Å². The summed E-state index contributed by atoms with van der Waals surface area (Å²) in [7, 11) is 0. The van der Waals surface area contributed by atoms with Gasteiger partial charge in [-0.3, -0.25) is 9.48 Å². The standard InChI is InChI=1S/C15H23N3O2/c1-11(2)10-20-7-5-16-15(19)13-9-17-18-6-4-12(3)8-14(13)18/h9,12H,1,4-8,10H2,2-3H3,(H,16,19). The van der Waals surface area contributed by atoms with E-state index in [1.165, 1.54) is 0 Å². The van der Waals surface area contributed by atoms with Crippen LogP contribution in [0.15, 0.2) is 18.3 Å². The number of amides is 1. The van der Waals surface area contributed by atoms with E-state index in [9.17, 15) is 4.79 Å². The largest absolute Gasteiger partial charge is 0.375 e. The number of aromatic nitrogens is 2. The normalized spacial score (nSPS) is 17.6. The number of carbonyl (C=O) groups excluding carboxylic acids is 1. The van der Waals surface area contributed by atoms with Crippen LogP contribution in [0.5, 0.6) is 0 Å². The van der Waals surface area contributed by atoms with Crippen molar-refractivity contribution >= 4 is 5.91 Å². The van der Waals surface area contributed by atoms with Gasteiger partial charge >= 0.3 is 0 Å². The van der Waals surface area contributed by atoms with Crippen LogP contribution in [-0.2, 0) is 17.7 Å². The second-order valence-corrected chi connectivity index (χ2v) is 5.59. The van der Waals surface area contributed by atoms with E-state index in [-0.39, 0.29) is 5.91 Å². The van der Waals surface area contributed by atoms with Crippen molar-refractivity contribution in [2.45, 2.75) is 33.2 Å². The molecule has 5 heteroatoms. The topological polar surface area (TPSA) is 56.1 Å². The molecule has 110 valence electrons. The number of ether oxygens (including phenoxy) is 1. The molecule has 0 fully saturated rings. The molecule has 0 aromatic carbocycles. The van der Waals surface area contributed by atoms with Crippen molar-refractivity contribution in [1.29, 1.82) is 0 Å². The van der Waals surface area contributed by atoms with E-state index in [1.807, 2.05) is 11.6 Å². The zero-order chi connectivity index (χ0) is 14.5. The highest BCUT2D eigenvalue weighted by Crippen LogP contribution is 2.22. The van der Waals surface area contributed by atoms with Crippen LogP contribution >= 0.6 is 0 Å². The lowest BCUT2D eigenvalue weighted by molar-refractivity contribution is 0.0925. The first-order valence-electron chi connectivity index (χ1n) is 7.13. The first kappa shape index (κ1) is 14.8. The molecule has 1 unspecified atom stereocenters. The molecule has 1 N–H and O–H groups in total. The molecule has 1 atom stereocenters. The lowest BCUT2D eigenvalue weighted by Crippen LogP contribution is -2.29. The molecule has 5 nitrogen and oxygen atoms in total. The van der Waals surface area contributed by atoms with Crippen molar-refractivity contribution < 1.29 is 9.53 Å². The highest BCUT2D eigenvalue weighted by Gasteiger charge is 2.22. The van der Waals surface area contributed by atoms with E-state index in [4.69, 9.17) is 4.74 Å². The van der Waals surface area contributed by atoms with E-state index in [1.54, 1.807) is 6.20 Å². The van der Waals surface area contributed by atoms with Gasteiger partial charge in [0.25, 0.3) is 5.91 Å². The summed E-state index contributed by atoms with van der Waals surface area (Å²) in [6.07, 6.45) is 3.73. The summed E-state index contributed by atoms with van der Waals surface area (Å²) in [6, 6.07) is 0. The molecule has 0 saturated heterocycles. The van der Waals surface area contributed by atoms with E-state index < -0.39 is 0 Å². The maximum atomic E-state index is 12.1. The second kappa shape index (κ2) is 6.70. The molecule has 1 amide bonds. The highest BCUT2D eigenvalue weighted by molar-refractivity contribution is 5.95. The predicted molar refractivity (Wildman–Crippen MR) is 77.7 cm³/mol. The van der Waals surface area contributed by atoms with E-state index in [0.29, 0.717) is 31.2 Å².